The smallest absolute Gasteiger partial charge is 0.407 e. The van der Waals surface area contributed by atoms with Gasteiger partial charge in [0.2, 0.25) is 5.91 Å². The average molecular weight is 354 g/mol. The first-order valence-electron chi connectivity index (χ1n) is 9.75. The van der Waals surface area contributed by atoms with Crippen LogP contribution >= 0.6 is 0 Å². The second-order valence-corrected chi connectivity index (χ2v) is 9.14. The van der Waals surface area contributed by atoms with E-state index in [0.717, 1.165) is 13.1 Å². The van der Waals surface area contributed by atoms with Gasteiger partial charge in [-0.1, -0.05) is 38.1 Å². The lowest BCUT2D eigenvalue weighted by Gasteiger charge is -2.43. The Bertz CT molecular complexity index is 783. The normalized spacial score (nSPS) is 37.3. The number of hydrogen-bond acceptors (Lipinski definition) is 3. The molecule has 4 fully saturated rings. The van der Waals surface area contributed by atoms with E-state index in [2.05, 4.69) is 48.3 Å². The van der Waals surface area contributed by atoms with Crippen molar-refractivity contribution < 1.29 is 14.3 Å². The van der Waals surface area contributed by atoms with E-state index in [1.807, 2.05) is 0 Å². The molecule has 2 atom stereocenters. The van der Waals surface area contributed by atoms with Crippen LogP contribution in [0.3, 0.4) is 0 Å². The third-order valence-corrected chi connectivity index (χ3v) is 7.06. The highest BCUT2D eigenvalue weighted by Gasteiger charge is 2.63. The summed E-state index contributed by atoms with van der Waals surface area (Å²) >= 11 is 0. The van der Waals surface area contributed by atoms with Crippen LogP contribution in [0.4, 0.5) is 4.79 Å². The summed E-state index contributed by atoms with van der Waals surface area (Å²) in [7, 11) is 0. The van der Waals surface area contributed by atoms with Gasteiger partial charge >= 0.3 is 6.09 Å². The molecule has 2 saturated carbocycles. The molecule has 138 valence electrons. The molecule has 5 heteroatoms. The Morgan fingerprint density at radius 1 is 1.31 bits per heavy atom. The Balaban J connectivity index is 1.26. The lowest BCUT2D eigenvalue weighted by atomic mass is 9.68. The minimum atomic E-state index is -0.345. The van der Waals surface area contributed by atoms with Crippen LogP contribution in [0.1, 0.15) is 50.2 Å². The van der Waals surface area contributed by atoms with Crippen LogP contribution in [0.5, 0.6) is 0 Å². The number of carbonyl (C=O) groups excluding carboxylic acids is 2. The van der Waals surface area contributed by atoms with Gasteiger partial charge in [-0.15, -0.1) is 0 Å². The molecule has 4 aliphatic rings. The molecule has 0 bridgehead atoms. The monoisotopic (exact) mass is 354 g/mol. The van der Waals surface area contributed by atoms with Gasteiger partial charge in [0.05, 0.1) is 5.54 Å². The molecular weight excluding hydrogens is 328 g/mol. The van der Waals surface area contributed by atoms with Gasteiger partial charge in [0.15, 0.2) is 0 Å². The van der Waals surface area contributed by atoms with Crippen molar-refractivity contribution in [2.24, 2.45) is 11.8 Å². The number of amides is 2. The Morgan fingerprint density at radius 2 is 2.12 bits per heavy atom. The van der Waals surface area contributed by atoms with Crippen LogP contribution in [0, 0.1) is 11.8 Å². The molecule has 1 spiro atoms. The number of alkyl carbamates (subject to hydrolysis) is 1. The number of hydrogen-bond donors (Lipinski definition) is 1. The molecule has 5 nitrogen and oxygen atoms in total. The summed E-state index contributed by atoms with van der Waals surface area (Å²) in [6, 6.07) is 8.95. The molecular formula is C21H26N2O3. The SMILES string of the molecule is CC(C)c1cccc([C@]23C[C@H]2CN(C(=O)C2CC4(COC(=O)N4)C2)C3)c1. The number of rotatable bonds is 3. The Morgan fingerprint density at radius 3 is 2.81 bits per heavy atom. The molecule has 2 aliphatic heterocycles. The zero-order valence-electron chi connectivity index (χ0n) is 15.5. The highest BCUT2D eigenvalue weighted by atomic mass is 16.6. The van der Waals surface area contributed by atoms with Crippen molar-refractivity contribution in [3.8, 4) is 0 Å². The van der Waals surface area contributed by atoms with Gasteiger partial charge in [-0.2, -0.15) is 0 Å². The van der Waals surface area contributed by atoms with E-state index in [9.17, 15) is 9.59 Å². The van der Waals surface area contributed by atoms with Crippen molar-refractivity contribution in [1.29, 1.82) is 0 Å². The molecule has 1 aromatic carbocycles. The Labute approximate surface area is 154 Å². The van der Waals surface area contributed by atoms with Crippen molar-refractivity contribution in [1.82, 2.24) is 10.2 Å². The summed E-state index contributed by atoms with van der Waals surface area (Å²) in [6.07, 6.45) is 2.29. The van der Waals surface area contributed by atoms with Crippen LogP contribution in [-0.4, -0.2) is 42.1 Å². The molecule has 1 aromatic rings. The third kappa shape index (κ3) is 2.29. The van der Waals surface area contributed by atoms with Crippen molar-refractivity contribution in [2.45, 2.75) is 50.0 Å². The molecule has 5 rings (SSSR count). The maximum atomic E-state index is 12.9. The van der Waals surface area contributed by atoms with Crippen molar-refractivity contribution >= 4 is 12.0 Å². The van der Waals surface area contributed by atoms with Gasteiger partial charge in [0.1, 0.15) is 6.61 Å². The van der Waals surface area contributed by atoms with E-state index in [1.165, 1.54) is 17.5 Å². The first-order valence-corrected chi connectivity index (χ1v) is 9.75. The van der Waals surface area contributed by atoms with Crippen molar-refractivity contribution in [3.05, 3.63) is 35.4 Å². The molecule has 2 aliphatic carbocycles. The predicted octanol–water partition coefficient (Wildman–Crippen LogP) is 2.80. The molecule has 1 N–H and O–H groups in total. The van der Waals surface area contributed by atoms with E-state index in [1.54, 1.807) is 0 Å². The number of fused-ring (bicyclic) bond motifs is 1. The van der Waals surface area contributed by atoms with Gasteiger partial charge in [-0.05, 0) is 42.2 Å². The lowest BCUT2D eigenvalue weighted by molar-refractivity contribution is -0.140. The average Bonchev–Trinajstić information content (AvgIpc) is 2.96. The fraction of sp³-hybridized carbons (Fsp3) is 0.619. The summed E-state index contributed by atoms with van der Waals surface area (Å²) in [5.74, 6) is 1.44. The maximum Gasteiger partial charge on any atom is 0.407 e. The van der Waals surface area contributed by atoms with Crippen LogP contribution in [-0.2, 0) is 14.9 Å². The van der Waals surface area contributed by atoms with E-state index >= 15 is 0 Å². The summed E-state index contributed by atoms with van der Waals surface area (Å²) in [4.78, 5) is 26.3. The number of benzene rings is 1. The minimum absolute atomic E-state index is 0.0357. The lowest BCUT2D eigenvalue weighted by Crippen LogP contribution is -2.58. The first kappa shape index (κ1) is 16.2. The van der Waals surface area contributed by atoms with E-state index in [-0.39, 0.29) is 28.9 Å². The van der Waals surface area contributed by atoms with Crippen LogP contribution in [0.2, 0.25) is 0 Å². The topological polar surface area (TPSA) is 58.6 Å². The first-order chi connectivity index (χ1) is 12.4. The zero-order valence-corrected chi connectivity index (χ0v) is 15.5. The second kappa shape index (κ2) is 5.24. The number of nitrogens with one attached hydrogen (secondary N) is 1. The number of piperidine rings is 1. The largest absolute Gasteiger partial charge is 0.447 e. The second-order valence-electron chi connectivity index (χ2n) is 9.14. The zero-order chi connectivity index (χ0) is 18.1. The minimum Gasteiger partial charge on any atom is -0.447 e. The summed E-state index contributed by atoms with van der Waals surface area (Å²) in [5.41, 5.74) is 2.70. The fourth-order valence-electron chi connectivity index (χ4n) is 5.33. The van der Waals surface area contributed by atoms with Gasteiger partial charge in [0.25, 0.3) is 0 Å². The Hall–Kier alpha value is -2.04. The molecule has 2 saturated heterocycles. The number of likely N-dealkylation sites (tertiary alicyclic amines) is 1. The number of carbonyl (C=O) groups is 2. The van der Waals surface area contributed by atoms with Crippen LogP contribution < -0.4 is 5.32 Å². The molecule has 0 aromatic heterocycles. The van der Waals surface area contributed by atoms with Crippen LogP contribution in [0.15, 0.2) is 24.3 Å². The van der Waals surface area contributed by atoms with E-state index < -0.39 is 0 Å². The molecule has 0 unspecified atom stereocenters. The quantitative estimate of drug-likeness (QED) is 0.908. The summed E-state index contributed by atoms with van der Waals surface area (Å²) in [5, 5.41) is 2.88. The van der Waals surface area contributed by atoms with Gasteiger partial charge in [-0.25, -0.2) is 4.79 Å². The Kier molecular flexibility index (Phi) is 3.26. The highest BCUT2D eigenvalue weighted by Crippen LogP contribution is 2.59. The fourth-order valence-corrected chi connectivity index (χ4v) is 5.33. The number of nitrogens with zero attached hydrogens (tertiary/aromatic N) is 1. The standard InChI is InChI=1S/C21H26N2O3/c1-13(2)14-4-3-5-16(6-14)21-9-17(21)10-23(11-21)18(24)15-7-20(8-15)12-26-19(25)22-20/h3-6,13,15,17H,7-12H2,1-2H3,(H,22,25)/t15?,17-,20?,21+/m0/s1. The molecule has 2 amide bonds. The summed E-state index contributed by atoms with van der Waals surface area (Å²) in [6.45, 7) is 6.60. The maximum absolute atomic E-state index is 12.9. The third-order valence-electron chi connectivity index (χ3n) is 7.06. The van der Waals surface area contributed by atoms with Gasteiger partial charge in [-0.3, -0.25) is 4.79 Å². The van der Waals surface area contributed by atoms with Crippen molar-refractivity contribution in [2.75, 3.05) is 19.7 Å². The van der Waals surface area contributed by atoms with E-state index in [0.29, 0.717) is 31.3 Å². The van der Waals surface area contributed by atoms with Gasteiger partial charge in [0, 0.05) is 24.4 Å². The molecule has 26 heavy (non-hydrogen) atoms. The molecule has 2 heterocycles. The molecule has 0 radical (unpaired) electrons. The van der Waals surface area contributed by atoms with Crippen molar-refractivity contribution in [3.63, 3.8) is 0 Å². The van der Waals surface area contributed by atoms with Gasteiger partial charge < -0.3 is 15.0 Å². The van der Waals surface area contributed by atoms with Crippen LogP contribution in [0.25, 0.3) is 0 Å². The summed E-state index contributed by atoms with van der Waals surface area (Å²) < 4.78 is 5.02. The number of ether oxygens (including phenoxy) is 1. The number of cyclic esters (lactones) is 1. The predicted molar refractivity (Wildman–Crippen MR) is 96.8 cm³/mol. The highest BCUT2D eigenvalue weighted by molar-refractivity contribution is 5.82. The van der Waals surface area contributed by atoms with E-state index in [4.69, 9.17) is 4.74 Å².